The summed E-state index contributed by atoms with van der Waals surface area (Å²) >= 11 is 13.0. The van der Waals surface area contributed by atoms with Gasteiger partial charge in [-0.05, 0) is 31.5 Å². The maximum absolute atomic E-state index is 12.7. The van der Waals surface area contributed by atoms with Gasteiger partial charge in [0, 0.05) is 10.4 Å². The van der Waals surface area contributed by atoms with Crippen molar-refractivity contribution in [1.82, 2.24) is 0 Å². The van der Waals surface area contributed by atoms with E-state index < -0.39 is 0 Å². The van der Waals surface area contributed by atoms with Crippen molar-refractivity contribution in [2.75, 3.05) is 11.2 Å². The number of alkyl halides is 1. The highest BCUT2D eigenvalue weighted by molar-refractivity contribution is 7.16. The SMILES string of the molecule is Cc1sc(NC(=O)CCl)c(C(=O)c2ccccc2Cl)c1C. The molecule has 21 heavy (non-hydrogen) atoms. The van der Waals surface area contributed by atoms with E-state index in [1.54, 1.807) is 24.3 Å². The molecule has 0 bridgehead atoms. The van der Waals surface area contributed by atoms with Crippen molar-refractivity contribution < 1.29 is 9.59 Å². The van der Waals surface area contributed by atoms with Crippen LogP contribution in [0, 0.1) is 13.8 Å². The van der Waals surface area contributed by atoms with Gasteiger partial charge in [0.25, 0.3) is 0 Å². The first kappa shape index (κ1) is 16.0. The van der Waals surface area contributed by atoms with Gasteiger partial charge in [0.15, 0.2) is 5.78 Å². The lowest BCUT2D eigenvalue weighted by Gasteiger charge is -2.07. The van der Waals surface area contributed by atoms with Crippen LogP contribution in [0.25, 0.3) is 0 Å². The Bertz CT molecular complexity index is 710. The minimum absolute atomic E-state index is 0.157. The van der Waals surface area contributed by atoms with Crippen molar-refractivity contribution in [3.8, 4) is 0 Å². The molecule has 1 amide bonds. The van der Waals surface area contributed by atoms with Crippen molar-refractivity contribution in [3.63, 3.8) is 0 Å². The van der Waals surface area contributed by atoms with E-state index in [4.69, 9.17) is 23.2 Å². The van der Waals surface area contributed by atoms with E-state index >= 15 is 0 Å². The van der Waals surface area contributed by atoms with Crippen LogP contribution in [0.3, 0.4) is 0 Å². The van der Waals surface area contributed by atoms with Gasteiger partial charge in [-0.15, -0.1) is 22.9 Å². The Labute approximate surface area is 136 Å². The zero-order chi connectivity index (χ0) is 15.6. The molecule has 0 fully saturated rings. The molecule has 0 saturated carbocycles. The number of ketones is 1. The molecule has 0 saturated heterocycles. The molecule has 0 spiro atoms. The number of aryl methyl sites for hydroxylation is 1. The first-order valence-corrected chi connectivity index (χ1v) is 7.93. The van der Waals surface area contributed by atoms with Crippen LogP contribution in [0.15, 0.2) is 24.3 Å². The first-order chi connectivity index (χ1) is 9.95. The van der Waals surface area contributed by atoms with Gasteiger partial charge < -0.3 is 5.32 Å². The molecular formula is C15H13Cl2NO2S. The summed E-state index contributed by atoms with van der Waals surface area (Å²) in [7, 11) is 0. The summed E-state index contributed by atoms with van der Waals surface area (Å²) in [6, 6.07) is 6.86. The van der Waals surface area contributed by atoms with Gasteiger partial charge in [0.05, 0.1) is 10.6 Å². The lowest BCUT2D eigenvalue weighted by molar-refractivity contribution is -0.113. The summed E-state index contributed by atoms with van der Waals surface area (Å²) in [6.07, 6.45) is 0. The predicted octanol–water partition coefficient (Wildman–Crippen LogP) is 4.43. The molecule has 1 aromatic heterocycles. The van der Waals surface area contributed by atoms with E-state index in [9.17, 15) is 9.59 Å². The van der Waals surface area contributed by atoms with Crippen LogP contribution < -0.4 is 5.32 Å². The van der Waals surface area contributed by atoms with Gasteiger partial charge >= 0.3 is 0 Å². The Morgan fingerprint density at radius 2 is 1.90 bits per heavy atom. The van der Waals surface area contributed by atoms with Crippen molar-refractivity contribution in [2.45, 2.75) is 13.8 Å². The van der Waals surface area contributed by atoms with Crippen molar-refractivity contribution in [1.29, 1.82) is 0 Å². The molecule has 2 rings (SSSR count). The molecule has 1 aromatic carbocycles. The molecular weight excluding hydrogens is 329 g/mol. The minimum Gasteiger partial charge on any atom is -0.316 e. The highest BCUT2D eigenvalue weighted by Crippen LogP contribution is 2.35. The van der Waals surface area contributed by atoms with Crippen LogP contribution in [0.1, 0.15) is 26.4 Å². The van der Waals surface area contributed by atoms with E-state index in [2.05, 4.69) is 5.32 Å². The highest BCUT2D eigenvalue weighted by atomic mass is 35.5. The van der Waals surface area contributed by atoms with Crippen LogP contribution in [0.2, 0.25) is 5.02 Å². The zero-order valence-corrected chi connectivity index (χ0v) is 13.8. The highest BCUT2D eigenvalue weighted by Gasteiger charge is 2.23. The summed E-state index contributed by atoms with van der Waals surface area (Å²) in [5, 5.41) is 3.58. The third-order valence-corrected chi connectivity index (χ3v) is 4.80. The third kappa shape index (κ3) is 3.28. The molecule has 3 nitrogen and oxygen atoms in total. The lowest BCUT2D eigenvalue weighted by atomic mass is 10.0. The summed E-state index contributed by atoms with van der Waals surface area (Å²) in [5.74, 6) is -0.700. The average molecular weight is 342 g/mol. The van der Waals surface area contributed by atoms with Gasteiger partial charge in [-0.25, -0.2) is 0 Å². The summed E-state index contributed by atoms with van der Waals surface area (Å²) < 4.78 is 0. The number of hydrogen-bond acceptors (Lipinski definition) is 3. The predicted molar refractivity (Wildman–Crippen MR) is 88.0 cm³/mol. The number of nitrogens with one attached hydrogen (secondary N) is 1. The van der Waals surface area contributed by atoms with Crippen LogP contribution in [0.5, 0.6) is 0 Å². The second kappa shape index (κ2) is 6.60. The van der Waals surface area contributed by atoms with E-state index in [0.717, 1.165) is 10.4 Å². The lowest BCUT2D eigenvalue weighted by Crippen LogP contribution is -2.14. The Morgan fingerprint density at radius 3 is 2.52 bits per heavy atom. The molecule has 2 aromatic rings. The Morgan fingerprint density at radius 1 is 1.24 bits per heavy atom. The molecule has 1 N–H and O–H groups in total. The summed E-state index contributed by atoms with van der Waals surface area (Å²) in [4.78, 5) is 25.2. The maximum Gasteiger partial charge on any atom is 0.239 e. The minimum atomic E-state index is -0.342. The van der Waals surface area contributed by atoms with E-state index in [-0.39, 0.29) is 17.6 Å². The number of benzene rings is 1. The second-order valence-corrected chi connectivity index (χ2v) is 6.38. The second-order valence-electron chi connectivity index (χ2n) is 4.48. The van der Waals surface area contributed by atoms with Gasteiger partial charge in [-0.1, -0.05) is 23.7 Å². The van der Waals surface area contributed by atoms with Crippen LogP contribution in [-0.2, 0) is 4.79 Å². The van der Waals surface area contributed by atoms with E-state index in [1.165, 1.54) is 11.3 Å². The van der Waals surface area contributed by atoms with Crippen molar-refractivity contribution >= 4 is 51.2 Å². The molecule has 0 aliphatic rings. The van der Waals surface area contributed by atoms with Crippen molar-refractivity contribution in [3.05, 3.63) is 50.9 Å². The number of rotatable bonds is 4. The molecule has 0 atom stereocenters. The number of halogens is 2. The Hall–Kier alpha value is -1.36. The van der Waals surface area contributed by atoms with Gasteiger partial charge in [-0.3, -0.25) is 9.59 Å². The van der Waals surface area contributed by atoms with Crippen LogP contribution in [-0.4, -0.2) is 17.6 Å². The number of anilines is 1. The number of carbonyl (C=O) groups excluding carboxylic acids is 2. The monoisotopic (exact) mass is 341 g/mol. The molecule has 0 aliphatic heterocycles. The Kier molecular flexibility index (Phi) is 5.04. The normalized spacial score (nSPS) is 10.5. The molecule has 6 heteroatoms. The van der Waals surface area contributed by atoms with Gasteiger partial charge in [-0.2, -0.15) is 0 Å². The average Bonchev–Trinajstić information content (AvgIpc) is 2.73. The zero-order valence-electron chi connectivity index (χ0n) is 11.5. The standard InChI is InChI=1S/C15H13Cl2NO2S/c1-8-9(2)21-15(18-12(19)7-16)13(8)14(20)10-5-3-4-6-11(10)17/h3-6H,7H2,1-2H3,(H,18,19). The van der Waals surface area contributed by atoms with Crippen LogP contribution >= 0.6 is 34.5 Å². The van der Waals surface area contributed by atoms with Gasteiger partial charge in [0.1, 0.15) is 10.9 Å². The number of thiophene rings is 1. The van der Waals surface area contributed by atoms with E-state index in [1.807, 2.05) is 13.8 Å². The van der Waals surface area contributed by atoms with Gasteiger partial charge in [0.2, 0.25) is 5.91 Å². The number of amides is 1. The molecule has 1 heterocycles. The summed E-state index contributed by atoms with van der Waals surface area (Å²) in [5.41, 5.74) is 1.74. The fourth-order valence-electron chi connectivity index (χ4n) is 1.93. The van der Waals surface area contributed by atoms with Crippen molar-refractivity contribution in [2.24, 2.45) is 0 Å². The smallest absolute Gasteiger partial charge is 0.239 e. The topological polar surface area (TPSA) is 46.2 Å². The largest absolute Gasteiger partial charge is 0.316 e. The molecule has 110 valence electrons. The molecule has 0 unspecified atom stereocenters. The Balaban J connectivity index is 2.50. The van der Waals surface area contributed by atoms with Crippen LogP contribution in [0.4, 0.5) is 5.00 Å². The first-order valence-electron chi connectivity index (χ1n) is 6.20. The van der Waals surface area contributed by atoms with E-state index in [0.29, 0.717) is 21.2 Å². The quantitative estimate of drug-likeness (QED) is 0.660. The summed E-state index contributed by atoms with van der Waals surface area (Å²) in [6.45, 7) is 3.76. The third-order valence-electron chi connectivity index (χ3n) is 3.11. The number of carbonyl (C=O) groups is 2. The maximum atomic E-state index is 12.7. The molecule has 0 aliphatic carbocycles. The molecule has 0 radical (unpaired) electrons. The number of hydrogen-bond donors (Lipinski definition) is 1. The fraction of sp³-hybridized carbons (Fsp3) is 0.200. The fourth-order valence-corrected chi connectivity index (χ4v) is 3.29.